The standard InChI is InChI=1S/C14H12ClFN2O2/c15-9-4-3-6-11(17)14(9)20-8-13(19)18-12-7-2-1-5-10(12)16/h1-7H,8,17H2,(H,18,19). The molecular weight excluding hydrogens is 283 g/mol. The minimum atomic E-state index is -0.516. The number of hydrogen-bond donors (Lipinski definition) is 2. The van der Waals surface area contributed by atoms with Crippen molar-refractivity contribution in [1.29, 1.82) is 0 Å². The zero-order valence-corrected chi connectivity index (χ0v) is 11.2. The smallest absolute Gasteiger partial charge is 0.262 e. The van der Waals surface area contributed by atoms with Gasteiger partial charge in [-0.05, 0) is 24.3 Å². The van der Waals surface area contributed by atoms with Crippen LogP contribution in [0.25, 0.3) is 0 Å². The number of ether oxygens (including phenoxy) is 1. The number of anilines is 2. The topological polar surface area (TPSA) is 64.3 Å². The summed E-state index contributed by atoms with van der Waals surface area (Å²) in [5.41, 5.74) is 6.10. The van der Waals surface area contributed by atoms with Gasteiger partial charge in [-0.25, -0.2) is 4.39 Å². The fourth-order valence-electron chi connectivity index (χ4n) is 1.56. The lowest BCUT2D eigenvalue weighted by Gasteiger charge is -2.11. The van der Waals surface area contributed by atoms with E-state index in [1.54, 1.807) is 24.3 Å². The molecule has 0 radical (unpaired) electrons. The molecule has 4 nitrogen and oxygen atoms in total. The van der Waals surface area contributed by atoms with Crippen molar-refractivity contribution in [1.82, 2.24) is 0 Å². The summed E-state index contributed by atoms with van der Waals surface area (Å²) in [5, 5.41) is 2.71. The Morgan fingerprint density at radius 2 is 2.00 bits per heavy atom. The second-order valence-electron chi connectivity index (χ2n) is 3.97. The zero-order chi connectivity index (χ0) is 14.5. The van der Waals surface area contributed by atoms with Gasteiger partial charge in [-0.2, -0.15) is 0 Å². The van der Waals surface area contributed by atoms with Crippen molar-refractivity contribution in [3.05, 3.63) is 53.3 Å². The third-order valence-electron chi connectivity index (χ3n) is 2.49. The second kappa shape index (κ2) is 6.25. The Morgan fingerprint density at radius 3 is 2.70 bits per heavy atom. The van der Waals surface area contributed by atoms with E-state index in [-0.39, 0.29) is 18.0 Å². The number of nitrogens with two attached hydrogens (primary N) is 1. The Kier molecular flexibility index (Phi) is 4.42. The van der Waals surface area contributed by atoms with Crippen LogP contribution in [0.3, 0.4) is 0 Å². The molecule has 0 aliphatic heterocycles. The van der Waals surface area contributed by atoms with Gasteiger partial charge in [0.05, 0.1) is 16.4 Å². The number of para-hydroxylation sites is 2. The molecule has 0 aromatic heterocycles. The SMILES string of the molecule is Nc1cccc(Cl)c1OCC(=O)Nc1ccccc1F. The van der Waals surface area contributed by atoms with Crippen LogP contribution >= 0.6 is 11.6 Å². The first-order valence-electron chi connectivity index (χ1n) is 5.79. The summed E-state index contributed by atoms with van der Waals surface area (Å²) in [6.45, 7) is -0.317. The van der Waals surface area contributed by atoms with Crippen molar-refractivity contribution in [3.8, 4) is 5.75 Å². The molecule has 6 heteroatoms. The van der Waals surface area contributed by atoms with Gasteiger partial charge in [0.2, 0.25) is 0 Å². The predicted octanol–water partition coefficient (Wildman–Crippen LogP) is 3.08. The quantitative estimate of drug-likeness (QED) is 0.852. The van der Waals surface area contributed by atoms with Crippen LogP contribution in [0.2, 0.25) is 5.02 Å². The largest absolute Gasteiger partial charge is 0.480 e. The van der Waals surface area contributed by atoms with Crippen LogP contribution < -0.4 is 15.8 Å². The van der Waals surface area contributed by atoms with E-state index in [9.17, 15) is 9.18 Å². The average molecular weight is 295 g/mol. The van der Waals surface area contributed by atoms with Gasteiger partial charge in [-0.15, -0.1) is 0 Å². The maximum absolute atomic E-state index is 13.3. The van der Waals surface area contributed by atoms with Crippen LogP contribution in [0, 0.1) is 5.82 Å². The van der Waals surface area contributed by atoms with Crippen LogP contribution in [-0.2, 0) is 4.79 Å². The van der Waals surface area contributed by atoms with E-state index < -0.39 is 11.7 Å². The molecule has 0 saturated carbocycles. The summed E-state index contributed by atoms with van der Waals surface area (Å²) in [5.74, 6) is -0.787. The molecule has 2 aromatic carbocycles. The van der Waals surface area contributed by atoms with E-state index in [4.69, 9.17) is 22.1 Å². The second-order valence-corrected chi connectivity index (χ2v) is 4.38. The molecule has 2 rings (SSSR count). The molecule has 0 spiro atoms. The summed E-state index contributed by atoms with van der Waals surface area (Å²) in [7, 11) is 0. The van der Waals surface area contributed by atoms with Crippen LogP contribution in [0.1, 0.15) is 0 Å². The lowest BCUT2D eigenvalue weighted by atomic mass is 10.3. The number of carbonyl (C=O) groups is 1. The molecule has 0 bridgehead atoms. The Morgan fingerprint density at radius 1 is 1.25 bits per heavy atom. The first-order valence-corrected chi connectivity index (χ1v) is 6.17. The summed E-state index contributed by atoms with van der Waals surface area (Å²) in [6, 6.07) is 10.7. The maximum Gasteiger partial charge on any atom is 0.262 e. The molecule has 0 aliphatic rings. The van der Waals surface area contributed by atoms with Gasteiger partial charge < -0.3 is 15.8 Å². The van der Waals surface area contributed by atoms with E-state index in [0.717, 1.165) is 0 Å². The summed E-state index contributed by atoms with van der Waals surface area (Å²) >= 11 is 5.90. The van der Waals surface area contributed by atoms with Crippen molar-refractivity contribution in [3.63, 3.8) is 0 Å². The normalized spacial score (nSPS) is 10.1. The average Bonchev–Trinajstić information content (AvgIpc) is 2.41. The van der Waals surface area contributed by atoms with Crippen LogP contribution in [0.5, 0.6) is 5.75 Å². The fourth-order valence-corrected chi connectivity index (χ4v) is 1.80. The first kappa shape index (κ1) is 14.1. The van der Waals surface area contributed by atoms with E-state index >= 15 is 0 Å². The molecule has 0 saturated heterocycles. The fraction of sp³-hybridized carbons (Fsp3) is 0.0714. The van der Waals surface area contributed by atoms with Crippen molar-refractivity contribution in [2.45, 2.75) is 0 Å². The third-order valence-corrected chi connectivity index (χ3v) is 2.79. The number of benzene rings is 2. The Bertz CT molecular complexity index is 614. The lowest BCUT2D eigenvalue weighted by Crippen LogP contribution is -2.21. The van der Waals surface area contributed by atoms with Crippen LogP contribution in [0.4, 0.5) is 15.8 Å². The number of nitrogen functional groups attached to an aromatic ring is 1. The molecule has 0 atom stereocenters. The first-order chi connectivity index (χ1) is 9.58. The van der Waals surface area contributed by atoms with E-state index in [1.807, 2.05) is 0 Å². The monoisotopic (exact) mass is 294 g/mol. The minimum Gasteiger partial charge on any atom is -0.480 e. The van der Waals surface area contributed by atoms with E-state index in [2.05, 4.69) is 5.32 Å². The van der Waals surface area contributed by atoms with Crippen LogP contribution in [-0.4, -0.2) is 12.5 Å². The molecule has 0 fully saturated rings. The maximum atomic E-state index is 13.3. The number of hydrogen-bond acceptors (Lipinski definition) is 3. The molecule has 0 heterocycles. The van der Waals surface area contributed by atoms with Gasteiger partial charge >= 0.3 is 0 Å². The molecular formula is C14H12ClFN2O2. The molecule has 3 N–H and O–H groups in total. The van der Waals surface area contributed by atoms with Gasteiger partial charge in [0.15, 0.2) is 12.4 Å². The molecule has 104 valence electrons. The zero-order valence-electron chi connectivity index (χ0n) is 10.4. The Balaban J connectivity index is 1.98. The highest BCUT2D eigenvalue weighted by Gasteiger charge is 2.10. The highest BCUT2D eigenvalue weighted by Crippen LogP contribution is 2.30. The number of amides is 1. The van der Waals surface area contributed by atoms with Crippen LogP contribution in [0.15, 0.2) is 42.5 Å². The summed E-state index contributed by atoms with van der Waals surface area (Å²) < 4.78 is 18.6. The van der Waals surface area contributed by atoms with E-state index in [1.165, 1.54) is 18.2 Å². The van der Waals surface area contributed by atoms with Gasteiger partial charge in [0, 0.05) is 0 Å². The van der Waals surface area contributed by atoms with Crippen molar-refractivity contribution in [2.24, 2.45) is 0 Å². The number of carbonyl (C=O) groups excluding carboxylic acids is 1. The number of halogens is 2. The number of rotatable bonds is 4. The van der Waals surface area contributed by atoms with Gasteiger partial charge in [0.1, 0.15) is 5.82 Å². The van der Waals surface area contributed by atoms with Gasteiger partial charge in [-0.1, -0.05) is 29.8 Å². The lowest BCUT2D eigenvalue weighted by molar-refractivity contribution is -0.118. The Hall–Kier alpha value is -2.27. The van der Waals surface area contributed by atoms with E-state index in [0.29, 0.717) is 10.7 Å². The molecule has 20 heavy (non-hydrogen) atoms. The summed E-state index contributed by atoms with van der Waals surface area (Å²) in [4.78, 5) is 11.7. The van der Waals surface area contributed by atoms with Crippen molar-refractivity contribution < 1.29 is 13.9 Å². The molecule has 0 unspecified atom stereocenters. The van der Waals surface area contributed by atoms with Crippen molar-refractivity contribution >= 4 is 28.9 Å². The number of nitrogens with one attached hydrogen (secondary N) is 1. The molecule has 1 amide bonds. The highest BCUT2D eigenvalue weighted by molar-refractivity contribution is 6.32. The Labute approximate surface area is 120 Å². The third kappa shape index (κ3) is 3.39. The summed E-state index contributed by atoms with van der Waals surface area (Å²) in [6.07, 6.45) is 0. The minimum absolute atomic E-state index is 0.0910. The highest BCUT2D eigenvalue weighted by atomic mass is 35.5. The van der Waals surface area contributed by atoms with Gasteiger partial charge in [0.25, 0.3) is 5.91 Å². The van der Waals surface area contributed by atoms with Gasteiger partial charge in [-0.3, -0.25) is 4.79 Å². The predicted molar refractivity (Wildman–Crippen MR) is 76.4 cm³/mol. The van der Waals surface area contributed by atoms with Crippen molar-refractivity contribution in [2.75, 3.05) is 17.7 Å². The molecule has 2 aromatic rings. The molecule has 0 aliphatic carbocycles.